The van der Waals surface area contributed by atoms with E-state index in [2.05, 4.69) is 30.5 Å². The first-order valence-electron chi connectivity index (χ1n) is 12.2. The minimum absolute atomic E-state index is 0.116. The predicted molar refractivity (Wildman–Crippen MR) is 146 cm³/mol. The molecular formula is C29H20N8O2. The lowest BCUT2D eigenvalue weighted by Crippen LogP contribution is -2.14. The molecule has 0 bridgehead atoms. The van der Waals surface area contributed by atoms with Gasteiger partial charge in [0.05, 0.1) is 53.8 Å². The largest absolute Gasteiger partial charge is 0.472 e. The van der Waals surface area contributed by atoms with Crippen LogP contribution in [0.4, 0.5) is 5.69 Å². The molecule has 10 heteroatoms. The summed E-state index contributed by atoms with van der Waals surface area (Å²) >= 11 is 0. The van der Waals surface area contributed by atoms with Gasteiger partial charge < -0.3 is 14.7 Å². The minimum atomic E-state index is -0.116. The van der Waals surface area contributed by atoms with Crippen LogP contribution in [0.2, 0.25) is 0 Å². The monoisotopic (exact) mass is 512 g/mol. The number of rotatable bonds is 6. The minimum Gasteiger partial charge on any atom is -0.472 e. The quantitative estimate of drug-likeness (QED) is 0.271. The number of hydrogen-bond acceptors (Lipinski definition) is 7. The number of carbonyl (C=O) groups excluding carboxylic acids is 1. The highest BCUT2D eigenvalue weighted by Crippen LogP contribution is 2.31. The zero-order valence-electron chi connectivity index (χ0n) is 20.4. The molecule has 6 heterocycles. The summed E-state index contributed by atoms with van der Waals surface area (Å²) in [6.45, 7) is 0. The van der Waals surface area contributed by atoms with Crippen LogP contribution >= 0.6 is 0 Å². The second kappa shape index (κ2) is 9.34. The van der Waals surface area contributed by atoms with Crippen molar-refractivity contribution in [3.8, 4) is 33.9 Å². The smallest absolute Gasteiger partial charge is 0.228 e. The van der Waals surface area contributed by atoms with Crippen molar-refractivity contribution in [3.05, 3.63) is 97.5 Å². The highest BCUT2D eigenvalue weighted by Gasteiger charge is 2.17. The van der Waals surface area contributed by atoms with Crippen LogP contribution in [0.15, 0.2) is 96.3 Å². The number of fused-ring (bicyclic) bond motifs is 2. The molecule has 0 radical (unpaired) electrons. The number of imidazole rings is 1. The lowest BCUT2D eigenvalue weighted by atomic mass is 10.1. The summed E-state index contributed by atoms with van der Waals surface area (Å²) in [5, 5.41) is 10.5. The molecule has 0 unspecified atom stereocenters. The fourth-order valence-corrected chi connectivity index (χ4v) is 4.53. The molecule has 0 fully saturated rings. The molecule has 7 aromatic rings. The number of aromatic amines is 2. The standard InChI is InChI=1S/C29H20N8O2/c38-25(10-17-4-2-1-3-5-17)32-20-11-19(12-30-13-20)22-6-7-23-27(33-22)28(37-36-23)29-34-24-15-31-14-21(26(24)35-29)18-8-9-39-16-18/h1-9,11-16H,10H2,(H,32,38)(H,34,35)(H,36,37). The molecule has 0 saturated heterocycles. The molecule has 0 atom stereocenters. The molecule has 188 valence electrons. The Morgan fingerprint density at radius 3 is 2.64 bits per heavy atom. The molecule has 6 aromatic heterocycles. The lowest BCUT2D eigenvalue weighted by molar-refractivity contribution is -0.115. The molecule has 7 rings (SSSR count). The zero-order chi connectivity index (χ0) is 26.2. The predicted octanol–water partition coefficient (Wildman–Crippen LogP) is 5.40. The number of pyridine rings is 3. The van der Waals surface area contributed by atoms with Crippen LogP contribution < -0.4 is 5.32 Å². The number of amides is 1. The summed E-state index contributed by atoms with van der Waals surface area (Å²) in [5.74, 6) is 0.452. The number of anilines is 1. The van der Waals surface area contributed by atoms with E-state index >= 15 is 0 Å². The van der Waals surface area contributed by atoms with Gasteiger partial charge in [0.2, 0.25) is 5.91 Å². The van der Waals surface area contributed by atoms with Crippen molar-refractivity contribution in [1.29, 1.82) is 0 Å². The van der Waals surface area contributed by atoms with Gasteiger partial charge in [0.15, 0.2) is 11.5 Å². The number of hydrogen-bond donors (Lipinski definition) is 3. The van der Waals surface area contributed by atoms with Crippen molar-refractivity contribution < 1.29 is 9.21 Å². The van der Waals surface area contributed by atoms with Gasteiger partial charge in [0, 0.05) is 29.1 Å². The molecule has 39 heavy (non-hydrogen) atoms. The lowest BCUT2D eigenvalue weighted by Gasteiger charge is -2.07. The van der Waals surface area contributed by atoms with E-state index in [4.69, 9.17) is 14.4 Å². The second-order valence-electron chi connectivity index (χ2n) is 9.02. The van der Waals surface area contributed by atoms with Gasteiger partial charge >= 0.3 is 0 Å². The number of H-pyrrole nitrogens is 2. The fourth-order valence-electron chi connectivity index (χ4n) is 4.53. The molecule has 0 saturated carbocycles. The number of nitrogens with zero attached hydrogens (tertiary/aromatic N) is 5. The zero-order valence-corrected chi connectivity index (χ0v) is 20.4. The summed E-state index contributed by atoms with van der Waals surface area (Å²) < 4.78 is 5.24. The summed E-state index contributed by atoms with van der Waals surface area (Å²) in [5.41, 5.74) is 8.28. The molecule has 1 amide bonds. The molecule has 0 spiro atoms. The third-order valence-corrected chi connectivity index (χ3v) is 6.38. The van der Waals surface area contributed by atoms with Crippen LogP contribution in [0.1, 0.15) is 5.56 Å². The first-order chi connectivity index (χ1) is 19.2. The van der Waals surface area contributed by atoms with Crippen LogP contribution in [-0.4, -0.2) is 41.0 Å². The maximum Gasteiger partial charge on any atom is 0.228 e. The first kappa shape index (κ1) is 22.5. The van der Waals surface area contributed by atoms with Crippen molar-refractivity contribution in [2.75, 3.05) is 5.32 Å². The summed E-state index contributed by atoms with van der Waals surface area (Å²) in [6, 6.07) is 17.1. The normalized spacial score (nSPS) is 11.3. The molecule has 0 aliphatic heterocycles. The average molecular weight is 513 g/mol. The van der Waals surface area contributed by atoms with Gasteiger partial charge in [-0.15, -0.1) is 0 Å². The van der Waals surface area contributed by atoms with Crippen LogP contribution in [0.3, 0.4) is 0 Å². The van der Waals surface area contributed by atoms with Gasteiger partial charge in [-0.2, -0.15) is 5.10 Å². The van der Waals surface area contributed by atoms with Gasteiger partial charge in [-0.25, -0.2) is 9.97 Å². The van der Waals surface area contributed by atoms with Gasteiger partial charge in [0.1, 0.15) is 11.0 Å². The Balaban J connectivity index is 1.21. The third kappa shape index (κ3) is 4.29. The van der Waals surface area contributed by atoms with Gasteiger partial charge in [-0.3, -0.25) is 19.9 Å². The maximum atomic E-state index is 12.6. The first-order valence-corrected chi connectivity index (χ1v) is 12.2. The summed E-state index contributed by atoms with van der Waals surface area (Å²) in [6.07, 6.45) is 10.4. The molecule has 0 aliphatic rings. The van der Waals surface area contributed by atoms with E-state index in [0.717, 1.165) is 38.8 Å². The molecule has 3 N–H and O–H groups in total. The number of benzene rings is 1. The Bertz CT molecular complexity index is 1940. The molecular weight excluding hydrogens is 492 g/mol. The maximum absolute atomic E-state index is 12.6. The second-order valence-corrected chi connectivity index (χ2v) is 9.02. The van der Waals surface area contributed by atoms with E-state index in [-0.39, 0.29) is 12.3 Å². The van der Waals surface area contributed by atoms with E-state index in [9.17, 15) is 4.79 Å². The highest BCUT2D eigenvalue weighted by molar-refractivity contribution is 5.96. The van der Waals surface area contributed by atoms with Crippen LogP contribution in [-0.2, 0) is 11.2 Å². The molecule has 1 aromatic carbocycles. The van der Waals surface area contributed by atoms with Crippen molar-refractivity contribution in [3.63, 3.8) is 0 Å². The molecule has 10 nitrogen and oxygen atoms in total. The Hall–Kier alpha value is -5.64. The van der Waals surface area contributed by atoms with Gasteiger partial charge in [0.25, 0.3) is 0 Å². The number of nitrogens with one attached hydrogen (secondary N) is 3. The summed E-state index contributed by atoms with van der Waals surface area (Å²) in [4.78, 5) is 34.2. The number of furan rings is 1. The van der Waals surface area contributed by atoms with Crippen LogP contribution in [0.25, 0.3) is 56.0 Å². The van der Waals surface area contributed by atoms with Crippen molar-refractivity contribution >= 4 is 33.7 Å². The van der Waals surface area contributed by atoms with Gasteiger partial charge in [-0.1, -0.05) is 30.3 Å². The Kier molecular flexibility index (Phi) is 5.40. The topological polar surface area (TPSA) is 138 Å². The third-order valence-electron chi connectivity index (χ3n) is 6.38. The van der Waals surface area contributed by atoms with Gasteiger partial charge in [-0.05, 0) is 29.8 Å². The van der Waals surface area contributed by atoms with Crippen molar-refractivity contribution in [2.45, 2.75) is 6.42 Å². The van der Waals surface area contributed by atoms with E-state index < -0.39 is 0 Å². The SMILES string of the molecule is O=C(Cc1ccccc1)Nc1cncc(-c2ccc3[nH]nc(-c4nc5c(-c6ccoc6)cncc5[nH]4)c3n2)c1. The Morgan fingerprint density at radius 2 is 1.77 bits per heavy atom. The number of aromatic nitrogens is 7. The van der Waals surface area contributed by atoms with E-state index in [1.807, 2.05) is 54.6 Å². The van der Waals surface area contributed by atoms with Crippen molar-refractivity contribution in [1.82, 2.24) is 35.1 Å². The van der Waals surface area contributed by atoms with Crippen LogP contribution in [0, 0.1) is 0 Å². The molecule has 0 aliphatic carbocycles. The summed E-state index contributed by atoms with van der Waals surface area (Å²) in [7, 11) is 0. The number of carbonyl (C=O) groups is 1. The van der Waals surface area contributed by atoms with E-state index in [1.54, 1.807) is 37.3 Å². The van der Waals surface area contributed by atoms with Crippen LogP contribution in [0.5, 0.6) is 0 Å². The highest BCUT2D eigenvalue weighted by atomic mass is 16.3. The Labute approximate surface area is 221 Å². The van der Waals surface area contributed by atoms with E-state index in [1.165, 1.54) is 0 Å². The fraction of sp³-hybridized carbons (Fsp3) is 0.0345. The average Bonchev–Trinajstić information content (AvgIpc) is 3.73. The Morgan fingerprint density at radius 1 is 0.872 bits per heavy atom. The van der Waals surface area contributed by atoms with E-state index in [0.29, 0.717) is 28.4 Å². The van der Waals surface area contributed by atoms with Crippen molar-refractivity contribution in [2.24, 2.45) is 0 Å².